The molecular formula is C86H86B2N2O2. The smallest absolute Gasteiger partial charge is 0.256 e. The van der Waals surface area contributed by atoms with Crippen LogP contribution in [0.25, 0.3) is 77.2 Å². The molecule has 4 aliphatic carbocycles. The van der Waals surface area contributed by atoms with Gasteiger partial charge in [0.25, 0.3) is 13.4 Å². The molecule has 0 saturated heterocycles. The Morgan fingerprint density at radius 1 is 0.326 bits per heavy atom. The maximum atomic E-state index is 8.13. The summed E-state index contributed by atoms with van der Waals surface area (Å²) in [6.45, 7) is 13.6. The lowest BCUT2D eigenvalue weighted by Crippen LogP contribution is -2.63. The summed E-state index contributed by atoms with van der Waals surface area (Å²) in [6, 6.07) is 59.5. The molecule has 0 bridgehead atoms. The summed E-state index contributed by atoms with van der Waals surface area (Å²) in [5.74, 6) is 6.12. The van der Waals surface area contributed by atoms with Crippen molar-refractivity contribution in [2.24, 2.45) is 0 Å². The molecule has 4 nitrogen and oxygen atoms in total. The topological polar surface area (TPSA) is 28.3 Å². The van der Waals surface area contributed by atoms with Crippen LogP contribution in [0, 0.1) is 0 Å². The van der Waals surface area contributed by atoms with E-state index in [2.05, 4.69) is 196 Å². The van der Waals surface area contributed by atoms with Crippen LogP contribution in [0.4, 0.5) is 0 Å². The van der Waals surface area contributed by atoms with Gasteiger partial charge >= 0.3 is 0 Å². The number of hydrogen-bond acceptors (Lipinski definition) is 2. The van der Waals surface area contributed by atoms with Gasteiger partial charge in [-0.15, -0.1) is 0 Å². The normalized spacial score (nSPS) is 18.3. The van der Waals surface area contributed by atoms with E-state index in [9.17, 15) is 0 Å². The average Bonchev–Trinajstić information content (AvgIpc) is 1.31. The number of nitrogens with zero attached hydrogens (tertiary/aromatic N) is 2. The molecule has 4 saturated carbocycles. The Balaban J connectivity index is 0.946. The van der Waals surface area contributed by atoms with Gasteiger partial charge in [0.15, 0.2) is 0 Å². The Hall–Kier alpha value is -7.69. The summed E-state index contributed by atoms with van der Waals surface area (Å²) >= 11 is 0. The summed E-state index contributed by atoms with van der Waals surface area (Å²) in [5.41, 5.74) is 29.1. The number of fused-ring (bicyclic) bond motifs is 16. The van der Waals surface area contributed by atoms with Gasteiger partial charge in [-0.1, -0.05) is 216 Å². The standard InChI is InChI=1S/C86H86B2N2O2/c1-85(2,3)63-35-27-55(28-36-63)59-33-41-75-69(47-59)87-71-49-61(53-23-15-9-16-24-53)45-67-65-43-57(51-19-11-7-12-20-51)31-39-73(65)89(79(67)71)81-77(87)83(91-75)82-78-84(81)92-76-42-34-60(56-29-37-64(38-30-56)86(4,5)6)48-70(76)88(78)72-50-62(54-25-17-10-18-26-54)46-68-66-44-58(52-21-13-8-14-22-52)32-40-74(66)90(82)80(68)72/h27-54H,7-26H2,1-6H3. The van der Waals surface area contributed by atoms with E-state index in [4.69, 9.17) is 9.47 Å². The van der Waals surface area contributed by atoms with Gasteiger partial charge in [-0.05, 0) is 212 Å². The first kappa shape index (κ1) is 55.9. The van der Waals surface area contributed by atoms with E-state index in [1.807, 2.05) is 0 Å². The molecule has 4 fully saturated rings. The molecule has 11 aromatic rings. The van der Waals surface area contributed by atoms with Gasteiger partial charge in [0.1, 0.15) is 23.0 Å². The van der Waals surface area contributed by atoms with Crippen molar-refractivity contribution >= 4 is 89.8 Å². The number of hydrogen-bond donors (Lipinski definition) is 0. The lowest BCUT2D eigenvalue weighted by Gasteiger charge is -2.41. The molecule has 0 radical (unpaired) electrons. The van der Waals surface area contributed by atoms with Gasteiger partial charge < -0.3 is 18.6 Å². The van der Waals surface area contributed by atoms with E-state index in [1.165, 1.54) is 260 Å². The van der Waals surface area contributed by atoms with Gasteiger partial charge in [0, 0.05) is 43.5 Å². The maximum absolute atomic E-state index is 8.13. The van der Waals surface area contributed by atoms with Crippen LogP contribution in [-0.2, 0) is 10.8 Å². The van der Waals surface area contributed by atoms with Crippen LogP contribution in [-0.4, -0.2) is 22.6 Å². The molecule has 8 aliphatic rings. The zero-order chi connectivity index (χ0) is 61.5. The third-order valence-electron chi connectivity index (χ3n) is 24.5. The van der Waals surface area contributed by atoms with Crippen LogP contribution in [0.2, 0.25) is 0 Å². The van der Waals surface area contributed by atoms with E-state index in [-0.39, 0.29) is 24.3 Å². The number of aromatic nitrogens is 2. The molecule has 458 valence electrons. The molecule has 6 heteroatoms. The van der Waals surface area contributed by atoms with Gasteiger partial charge in [0.05, 0.1) is 22.4 Å². The van der Waals surface area contributed by atoms with Gasteiger partial charge in [-0.25, -0.2) is 0 Å². The van der Waals surface area contributed by atoms with Crippen LogP contribution < -0.4 is 42.3 Å². The largest absolute Gasteiger partial charge is 0.456 e. The Bertz CT molecular complexity index is 4560. The van der Waals surface area contributed by atoms with Crippen molar-refractivity contribution in [1.82, 2.24) is 9.13 Å². The van der Waals surface area contributed by atoms with Crippen LogP contribution in [0.1, 0.15) is 227 Å². The Kier molecular flexibility index (Phi) is 12.7. The van der Waals surface area contributed by atoms with Crippen molar-refractivity contribution < 1.29 is 9.47 Å². The lowest BCUT2D eigenvalue weighted by molar-refractivity contribution is 0.444. The van der Waals surface area contributed by atoms with Crippen LogP contribution in [0.15, 0.2) is 146 Å². The first-order chi connectivity index (χ1) is 44.9. The highest BCUT2D eigenvalue weighted by atomic mass is 16.5. The first-order valence-electron chi connectivity index (χ1n) is 36.2. The highest BCUT2D eigenvalue weighted by molar-refractivity contribution is 7.02. The molecule has 0 spiro atoms. The Morgan fingerprint density at radius 2 is 0.663 bits per heavy atom. The van der Waals surface area contributed by atoms with Crippen molar-refractivity contribution in [2.45, 2.75) is 204 Å². The maximum Gasteiger partial charge on any atom is 0.256 e. The molecule has 0 atom stereocenters. The van der Waals surface area contributed by atoms with E-state index in [1.54, 1.807) is 0 Å². The van der Waals surface area contributed by atoms with Crippen molar-refractivity contribution in [1.29, 1.82) is 0 Å². The first-order valence-corrected chi connectivity index (χ1v) is 36.2. The second-order valence-corrected chi connectivity index (χ2v) is 32.0. The highest BCUT2D eigenvalue weighted by Gasteiger charge is 2.51. The molecule has 0 N–H and O–H groups in total. The van der Waals surface area contributed by atoms with E-state index < -0.39 is 0 Å². The van der Waals surface area contributed by atoms with Gasteiger partial charge in [-0.3, -0.25) is 0 Å². The average molecular weight is 1200 g/mol. The van der Waals surface area contributed by atoms with Gasteiger partial charge in [0.2, 0.25) is 0 Å². The fourth-order valence-corrected chi connectivity index (χ4v) is 19.6. The van der Waals surface area contributed by atoms with Crippen molar-refractivity contribution in [3.63, 3.8) is 0 Å². The molecule has 6 heterocycles. The summed E-state index contributed by atoms with van der Waals surface area (Å²) in [6.07, 6.45) is 25.9. The molecular weight excluding hydrogens is 1110 g/mol. The molecule has 0 amide bonds. The van der Waals surface area contributed by atoms with Crippen LogP contribution in [0.3, 0.4) is 0 Å². The predicted octanol–water partition coefficient (Wildman–Crippen LogP) is 19.9. The SMILES string of the molecule is CC(C)(C)c1ccc(-c2ccc3c(c2)B2c4c(c5c6c(c4-n4c7ccc(C8CCCCC8)cc7c7cc(C8CCCCC8)cc2c74)Oc2ccc(-c4ccc(C(C)(C)C)cc4)cc2B6c2cc(C4CCCCC4)cc4c6cc(C7CCCCC7)ccc6n-5c24)O3)cc1. The molecule has 2 aromatic heterocycles. The van der Waals surface area contributed by atoms with E-state index in [0.717, 1.165) is 34.4 Å². The monoisotopic (exact) mass is 1200 g/mol. The molecule has 0 unspecified atom stereocenters. The minimum absolute atomic E-state index is 0.0585. The summed E-state index contributed by atoms with van der Waals surface area (Å²) in [4.78, 5) is 0. The zero-order valence-corrected chi connectivity index (χ0v) is 55.2. The van der Waals surface area contributed by atoms with E-state index >= 15 is 0 Å². The minimum Gasteiger partial charge on any atom is -0.456 e. The zero-order valence-electron chi connectivity index (χ0n) is 55.2. The number of ether oxygens (including phenoxy) is 2. The van der Waals surface area contributed by atoms with Gasteiger partial charge in [-0.2, -0.15) is 0 Å². The second kappa shape index (κ2) is 20.9. The fraction of sp³-hybridized carbons (Fsp3) is 0.372. The highest BCUT2D eigenvalue weighted by Crippen LogP contribution is 2.52. The lowest BCUT2D eigenvalue weighted by atomic mass is 9.31. The molecule has 19 rings (SSSR count). The van der Waals surface area contributed by atoms with Crippen LogP contribution >= 0.6 is 0 Å². The van der Waals surface area contributed by atoms with Crippen molar-refractivity contribution in [2.75, 3.05) is 0 Å². The van der Waals surface area contributed by atoms with Crippen molar-refractivity contribution in [3.05, 3.63) is 179 Å². The molecule has 9 aromatic carbocycles. The third-order valence-corrected chi connectivity index (χ3v) is 24.5. The predicted molar refractivity (Wildman–Crippen MR) is 389 cm³/mol. The third kappa shape index (κ3) is 8.55. The van der Waals surface area contributed by atoms with Crippen LogP contribution in [0.5, 0.6) is 23.0 Å². The Morgan fingerprint density at radius 3 is 1.02 bits per heavy atom. The summed E-state index contributed by atoms with van der Waals surface area (Å²) in [5, 5.41) is 5.58. The molecule has 4 aliphatic heterocycles. The Labute approximate surface area is 545 Å². The van der Waals surface area contributed by atoms with E-state index in [0.29, 0.717) is 23.7 Å². The molecule has 92 heavy (non-hydrogen) atoms. The second-order valence-electron chi connectivity index (χ2n) is 32.0. The summed E-state index contributed by atoms with van der Waals surface area (Å²) in [7, 11) is 0. The van der Waals surface area contributed by atoms with Crippen molar-refractivity contribution in [3.8, 4) is 56.6 Å². The fourth-order valence-electron chi connectivity index (χ4n) is 19.6. The summed E-state index contributed by atoms with van der Waals surface area (Å²) < 4.78 is 21.7. The minimum atomic E-state index is -0.132. The quantitative estimate of drug-likeness (QED) is 0.155. The number of benzene rings is 9. The number of rotatable bonds is 6.